The standard InChI is InChI=1S/C15H20N4/c1-19-9-7-13(18-19)11-17-15-6-8-16-10-12-4-2-3-5-14(12)15/h2-5,7,9,15-17H,6,8,10-11H2,1H3. The summed E-state index contributed by atoms with van der Waals surface area (Å²) in [5.74, 6) is 0. The molecule has 0 spiro atoms. The lowest BCUT2D eigenvalue weighted by Gasteiger charge is -2.18. The van der Waals surface area contributed by atoms with E-state index in [-0.39, 0.29) is 0 Å². The van der Waals surface area contributed by atoms with Crippen LogP contribution in [0.3, 0.4) is 0 Å². The topological polar surface area (TPSA) is 41.9 Å². The van der Waals surface area contributed by atoms with E-state index in [2.05, 4.69) is 46.1 Å². The third-order valence-electron chi connectivity index (χ3n) is 3.65. The summed E-state index contributed by atoms with van der Waals surface area (Å²) in [5, 5.41) is 11.5. The largest absolute Gasteiger partial charge is 0.313 e. The van der Waals surface area contributed by atoms with Gasteiger partial charge in [-0.05, 0) is 30.2 Å². The minimum atomic E-state index is 0.410. The number of hydrogen-bond donors (Lipinski definition) is 2. The molecule has 1 aromatic carbocycles. The van der Waals surface area contributed by atoms with Gasteiger partial charge in [0.2, 0.25) is 0 Å². The van der Waals surface area contributed by atoms with Gasteiger partial charge < -0.3 is 10.6 Å². The fraction of sp³-hybridized carbons (Fsp3) is 0.400. The van der Waals surface area contributed by atoms with Crippen molar-refractivity contribution in [3.05, 3.63) is 53.3 Å². The van der Waals surface area contributed by atoms with E-state index in [1.807, 2.05) is 17.9 Å². The summed E-state index contributed by atoms with van der Waals surface area (Å²) < 4.78 is 1.85. The summed E-state index contributed by atoms with van der Waals surface area (Å²) in [7, 11) is 1.95. The van der Waals surface area contributed by atoms with E-state index in [1.165, 1.54) is 11.1 Å². The molecule has 0 amide bonds. The van der Waals surface area contributed by atoms with Crippen molar-refractivity contribution in [2.45, 2.75) is 25.6 Å². The van der Waals surface area contributed by atoms with E-state index >= 15 is 0 Å². The second-order valence-electron chi connectivity index (χ2n) is 5.08. The van der Waals surface area contributed by atoms with Crippen LogP contribution in [-0.4, -0.2) is 16.3 Å². The molecule has 1 atom stereocenters. The summed E-state index contributed by atoms with van der Waals surface area (Å²) in [6.45, 7) is 2.84. The Morgan fingerprint density at radius 1 is 1.37 bits per heavy atom. The summed E-state index contributed by atoms with van der Waals surface area (Å²) >= 11 is 0. The Balaban J connectivity index is 1.73. The van der Waals surface area contributed by atoms with E-state index < -0.39 is 0 Å². The number of fused-ring (bicyclic) bond motifs is 1. The van der Waals surface area contributed by atoms with Crippen molar-refractivity contribution >= 4 is 0 Å². The highest BCUT2D eigenvalue weighted by Gasteiger charge is 2.17. The molecule has 1 aliphatic rings. The highest BCUT2D eigenvalue weighted by atomic mass is 15.3. The van der Waals surface area contributed by atoms with Crippen LogP contribution in [0.15, 0.2) is 36.5 Å². The van der Waals surface area contributed by atoms with Crippen LogP contribution in [0.2, 0.25) is 0 Å². The van der Waals surface area contributed by atoms with E-state index in [9.17, 15) is 0 Å². The number of nitrogens with zero attached hydrogens (tertiary/aromatic N) is 2. The molecule has 4 heteroatoms. The number of benzene rings is 1. The second-order valence-corrected chi connectivity index (χ2v) is 5.08. The van der Waals surface area contributed by atoms with E-state index in [0.717, 1.165) is 31.7 Å². The molecule has 0 fully saturated rings. The van der Waals surface area contributed by atoms with Gasteiger partial charge in [0.25, 0.3) is 0 Å². The van der Waals surface area contributed by atoms with Crippen molar-refractivity contribution in [1.82, 2.24) is 20.4 Å². The van der Waals surface area contributed by atoms with E-state index in [0.29, 0.717) is 6.04 Å². The molecule has 2 aromatic rings. The molecule has 0 saturated carbocycles. The van der Waals surface area contributed by atoms with Gasteiger partial charge >= 0.3 is 0 Å². The molecular formula is C15H20N4. The van der Waals surface area contributed by atoms with Gasteiger partial charge in [0, 0.05) is 32.4 Å². The Hall–Kier alpha value is -1.65. The molecule has 100 valence electrons. The van der Waals surface area contributed by atoms with Crippen LogP contribution in [0.4, 0.5) is 0 Å². The molecule has 2 N–H and O–H groups in total. The smallest absolute Gasteiger partial charge is 0.0762 e. The van der Waals surface area contributed by atoms with Crippen molar-refractivity contribution < 1.29 is 0 Å². The Morgan fingerprint density at radius 2 is 2.26 bits per heavy atom. The lowest BCUT2D eigenvalue weighted by Crippen LogP contribution is -2.23. The molecule has 3 rings (SSSR count). The van der Waals surface area contributed by atoms with Gasteiger partial charge in [-0.15, -0.1) is 0 Å². The lowest BCUT2D eigenvalue weighted by atomic mass is 9.99. The van der Waals surface area contributed by atoms with Crippen molar-refractivity contribution in [3.8, 4) is 0 Å². The van der Waals surface area contributed by atoms with Crippen LogP contribution in [0, 0.1) is 0 Å². The number of aromatic nitrogens is 2. The molecular weight excluding hydrogens is 236 g/mol. The van der Waals surface area contributed by atoms with E-state index in [4.69, 9.17) is 0 Å². The van der Waals surface area contributed by atoms with Gasteiger partial charge in [0.15, 0.2) is 0 Å². The van der Waals surface area contributed by atoms with Crippen LogP contribution < -0.4 is 10.6 Å². The van der Waals surface area contributed by atoms with Gasteiger partial charge in [-0.25, -0.2) is 0 Å². The zero-order valence-corrected chi connectivity index (χ0v) is 11.3. The molecule has 0 radical (unpaired) electrons. The fourth-order valence-electron chi connectivity index (χ4n) is 2.66. The molecule has 19 heavy (non-hydrogen) atoms. The van der Waals surface area contributed by atoms with Gasteiger partial charge in [0.1, 0.15) is 0 Å². The number of hydrogen-bond acceptors (Lipinski definition) is 3. The van der Waals surface area contributed by atoms with Gasteiger partial charge in [0.05, 0.1) is 5.69 Å². The number of nitrogens with one attached hydrogen (secondary N) is 2. The maximum absolute atomic E-state index is 4.41. The second kappa shape index (κ2) is 5.55. The van der Waals surface area contributed by atoms with Gasteiger partial charge in [-0.1, -0.05) is 24.3 Å². The molecule has 0 bridgehead atoms. The normalized spacial score (nSPS) is 18.9. The molecule has 1 unspecified atom stereocenters. The summed E-state index contributed by atoms with van der Waals surface area (Å²) in [6, 6.07) is 11.2. The molecule has 0 aliphatic carbocycles. The summed E-state index contributed by atoms with van der Waals surface area (Å²) in [4.78, 5) is 0. The molecule has 1 aromatic heterocycles. The SMILES string of the molecule is Cn1ccc(CNC2CCNCc3ccccc32)n1. The quantitative estimate of drug-likeness (QED) is 0.879. The van der Waals surface area contributed by atoms with Crippen LogP contribution in [0.25, 0.3) is 0 Å². The first-order valence-corrected chi connectivity index (χ1v) is 6.83. The first-order valence-electron chi connectivity index (χ1n) is 6.83. The minimum absolute atomic E-state index is 0.410. The number of aryl methyl sites for hydroxylation is 1. The van der Waals surface area contributed by atoms with Gasteiger partial charge in [-0.3, -0.25) is 4.68 Å². The molecule has 0 saturated heterocycles. The fourth-order valence-corrected chi connectivity index (χ4v) is 2.66. The lowest BCUT2D eigenvalue weighted by molar-refractivity contribution is 0.490. The Morgan fingerprint density at radius 3 is 3.11 bits per heavy atom. The zero-order chi connectivity index (χ0) is 13.1. The van der Waals surface area contributed by atoms with Crippen molar-refractivity contribution in [2.75, 3.05) is 6.54 Å². The van der Waals surface area contributed by atoms with Crippen LogP contribution in [0.1, 0.15) is 29.3 Å². The van der Waals surface area contributed by atoms with Crippen molar-refractivity contribution in [1.29, 1.82) is 0 Å². The Kier molecular flexibility index (Phi) is 3.62. The zero-order valence-electron chi connectivity index (χ0n) is 11.3. The minimum Gasteiger partial charge on any atom is -0.313 e. The van der Waals surface area contributed by atoms with Crippen LogP contribution in [0.5, 0.6) is 0 Å². The average molecular weight is 256 g/mol. The molecule has 1 aliphatic heterocycles. The van der Waals surface area contributed by atoms with Crippen molar-refractivity contribution in [3.63, 3.8) is 0 Å². The summed E-state index contributed by atoms with van der Waals surface area (Å²) in [6.07, 6.45) is 3.10. The summed E-state index contributed by atoms with van der Waals surface area (Å²) in [5.41, 5.74) is 3.92. The third-order valence-corrected chi connectivity index (χ3v) is 3.65. The first kappa shape index (κ1) is 12.4. The number of rotatable bonds is 3. The Bertz CT molecular complexity index is 547. The van der Waals surface area contributed by atoms with Crippen molar-refractivity contribution in [2.24, 2.45) is 7.05 Å². The van der Waals surface area contributed by atoms with Gasteiger partial charge in [-0.2, -0.15) is 5.10 Å². The van der Waals surface area contributed by atoms with Crippen LogP contribution in [-0.2, 0) is 20.1 Å². The Labute approximate surface area is 113 Å². The predicted octanol–water partition coefficient (Wildman–Crippen LogP) is 1.74. The predicted molar refractivity (Wildman–Crippen MR) is 75.6 cm³/mol. The van der Waals surface area contributed by atoms with E-state index in [1.54, 1.807) is 0 Å². The van der Waals surface area contributed by atoms with Crippen LogP contribution >= 0.6 is 0 Å². The highest BCUT2D eigenvalue weighted by Crippen LogP contribution is 2.23. The highest BCUT2D eigenvalue weighted by molar-refractivity contribution is 5.31. The monoisotopic (exact) mass is 256 g/mol. The maximum atomic E-state index is 4.41. The third kappa shape index (κ3) is 2.85. The molecule has 4 nitrogen and oxygen atoms in total. The molecule has 2 heterocycles. The first-order chi connectivity index (χ1) is 9.33. The average Bonchev–Trinajstić information content (AvgIpc) is 2.73. The maximum Gasteiger partial charge on any atom is 0.0762 e.